The van der Waals surface area contributed by atoms with Crippen molar-refractivity contribution in [3.8, 4) is 0 Å². The summed E-state index contributed by atoms with van der Waals surface area (Å²) < 4.78 is 0. The van der Waals surface area contributed by atoms with E-state index in [0.717, 1.165) is 38.4 Å². The van der Waals surface area contributed by atoms with Gasteiger partial charge in [-0.2, -0.15) is 0 Å². The first-order valence-electron chi connectivity index (χ1n) is 9.15. The van der Waals surface area contributed by atoms with Crippen molar-refractivity contribution in [3.05, 3.63) is 11.6 Å². The van der Waals surface area contributed by atoms with Crippen LogP contribution < -0.4 is 5.32 Å². The maximum atomic E-state index is 12.1. The van der Waals surface area contributed by atoms with Crippen LogP contribution in [0, 0.1) is 17.8 Å². The Kier molecular flexibility index (Phi) is 6.49. The van der Waals surface area contributed by atoms with Gasteiger partial charge in [-0.15, -0.1) is 0 Å². The molecule has 0 aromatic rings. The fraction of sp³-hybridized carbons (Fsp3) is 0.842. The van der Waals surface area contributed by atoms with Crippen LogP contribution >= 0.6 is 0 Å². The van der Waals surface area contributed by atoms with Gasteiger partial charge in [0.25, 0.3) is 0 Å². The highest BCUT2D eigenvalue weighted by Gasteiger charge is 2.26. The second-order valence-electron chi connectivity index (χ2n) is 7.77. The molecule has 2 rings (SSSR count). The topological polar surface area (TPSA) is 32.3 Å². The molecule has 0 spiro atoms. The fourth-order valence-electron chi connectivity index (χ4n) is 3.84. The number of allylic oxidation sites excluding steroid dienone is 1. The van der Waals surface area contributed by atoms with Crippen molar-refractivity contribution in [2.75, 3.05) is 19.6 Å². The molecule has 2 atom stereocenters. The van der Waals surface area contributed by atoms with Gasteiger partial charge in [0.1, 0.15) is 0 Å². The Hall–Kier alpha value is -0.830. The number of piperidine rings is 1. The molecule has 3 heteroatoms. The predicted octanol–water partition coefficient (Wildman–Crippen LogP) is 3.61. The first-order chi connectivity index (χ1) is 10.5. The van der Waals surface area contributed by atoms with Crippen LogP contribution in [0.15, 0.2) is 11.6 Å². The molecule has 1 aliphatic heterocycles. The summed E-state index contributed by atoms with van der Waals surface area (Å²) in [5.41, 5.74) is 1.57. The van der Waals surface area contributed by atoms with Crippen LogP contribution in [0.3, 0.4) is 0 Å². The molecule has 0 radical (unpaired) electrons. The lowest BCUT2D eigenvalue weighted by Crippen LogP contribution is -2.46. The SMILES string of the molecule is CC1=CCC[C@@H](C)[C@H]1CNC1CCN(C(=O)CC(C)C)CC1. The molecule has 22 heavy (non-hydrogen) atoms. The zero-order valence-corrected chi connectivity index (χ0v) is 14.9. The number of amides is 1. The van der Waals surface area contributed by atoms with E-state index in [2.05, 4.69) is 44.0 Å². The minimum atomic E-state index is 0.341. The second kappa shape index (κ2) is 8.14. The van der Waals surface area contributed by atoms with E-state index in [1.807, 2.05) is 0 Å². The minimum absolute atomic E-state index is 0.341. The van der Waals surface area contributed by atoms with Crippen molar-refractivity contribution >= 4 is 5.91 Å². The molecule has 1 saturated heterocycles. The molecular weight excluding hydrogens is 272 g/mol. The molecule has 2 aliphatic rings. The van der Waals surface area contributed by atoms with Crippen LogP contribution in [0.25, 0.3) is 0 Å². The summed E-state index contributed by atoms with van der Waals surface area (Å²) in [4.78, 5) is 14.2. The summed E-state index contributed by atoms with van der Waals surface area (Å²) in [7, 11) is 0. The van der Waals surface area contributed by atoms with E-state index in [-0.39, 0.29) is 0 Å². The van der Waals surface area contributed by atoms with E-state index in [1.54, 1.807) is 5.57 Å². The summed E-state index contributed by atoms with van der Waals surface area (Å²) in [5.74, 6) is 2.30. The van der Waals surface area contributed by atoms with E-state index in [1.165, 1.54) is 12.8 Å². The zero-order chi connectivity index (χ0) is 16.1. The van der Waals surface area contributed by atoms with Crippen LogP contribution in [0.5, 0.6) is 0 Å². The van der Waals surface area contributed by atoms with Gasteiger partial charge in [-0.3, -0.25) is 4.79 Å². The third-order valence-electron chi connectivity index (χ3n) is 5.42. The lowest BCUT2D eigenvalue weighted by molar-refractivity contribution is -0.133. The standard InChI is InChI=1S/C19H34N2O/c1-14(2)12-19(22)21-10-8-17(9-11-21)20-13-18-15(3)6-5-7-16(18)4/h6,14,16-18,20H,5,7-13H2,1-4H3/t16-,18+/m1/s1. The Bertz CT molecular complexity index is 394. The molecule has 1 fully saturated rings. The van der Waals surface area contributed by atoms with Crippen LogP contribution in [-0.2, 0) is 4.79 Å². The van der Waals surface area contributed by atoms with Crippen molar-refractivity contribution < 1.29 is 4.79 Å². The van der Waals surface area contributed by atoms with Gasteiger partial charge in [0.05, 0.1) is 0 Å². The van der Waals surface area contributed by atoms with Crippen molar-refractivity contribution in [1.29, 1.82) is 0 Å². The van der Waals surface area contributed by atoms with E-state index in [4.69, 9.17) is 0 Å². The first kappa shape index (κ1) is 17.5. The molecule has 1 heterocycles. The van der Waals surface area contributed by atoms with E-state index < -0.39 is 0 Å². The maximum Gasteiger partial charge on any atom is 0.222 e. The number of rotatable bonds is 5. The predicted molar refractivity (Wildman–Crippen MR) is 92.7 cm³/mol. The van der Waals surface area contributed by atoms with Gasteiger partial charge in [0.2, 0.25) is 5.91 Å². The number of carbonyl (C=O) groups excluding carboxylic acids is 1. The lowest BCUT2D eigenvalue weighted by atomic mass is 9.80. The number of hydrogen-bond donors (Lipinski definition) is 1. The second-order valence-corrected chi connectivity index (χ2v) is 7.77. The number of likely N-dealkylation sites (tertiary alicyclic amines) is 1. The van der Waals surface area contributed by atoms with Gasteiger partial charge in [-0.25, -0.2) is 0 Å². The molecule has 1 amide bonds. The highest BCUT2D eigenvalue weighted by molar-refractivity contribution is 5.76. The summed E-state index contributed by atoms with van der Waals surface area (Å²) in [5, 5.41) is 3.77. The van der Waals surface area contributed by atoms with Gasteiger partial charge < -0.3 is 10.2 Å². The first-order valence-corrected chi connectivity index (χ1v) is 9.15. The lowest BCUT2D eigenvalue weighted by Gasteiger charge is -2.35. The Morgan fingerprint density at radius 1 is 1.32 bits per heavy atom. The summed E-state index contributed by atoms with van der Waals surface area (Å²) in [6.45, 7) is 11.9. The van der Waals surface area contributed by atoms with Crippen LogP contribution in [0.4, 0.5) is 0 Å². The normalized spacial score (nSPS) is 27.1. The fourth-order valence-corrected chi connectivity index (χ4v) is 3.84. The Labute approximate surface area is 136 Å². The number of hydrogen-bond acceptors (Lipinski definition) is 2. The van der Waals surface area contributed by atoms with Crippen molar-refractivity contribution in [3.63, 3.8) is 0 Å². The third-order valence-corrected chi connectivity index (χ3v) is 5.42. The molecule has 0 unspecified atom stereocenters. The van der Waals surface area contributed by atoms with Crippen molar-refractivity contribution in [1.82, 2.24) is 10.2 Å². The molecule has 1 aliphatic carbocycles. The van der Waals surface area contributed by atoms with E-state index in [0.29, 0.717) is 30.2 Å². The molecule has 126 valence electrons. The highest BCUT2D eigenvalue weighted by Crippen LogP contribution is 2.29. The molecular formula is C19H34N2O. The van der Waals surface area contributed by atoms with E-state index >= 15 is 0 Å². The van der Waals surface area contributed by atoms with Crippen LogP contribution in [-0.4, -0.2) is 36.5 Å². The molecule has 1 N–H and O–H groups in total. The van der Waals surface area contributed by atoms with Gasteiger partial charge in [0.15, 0.2) is 0 Å². The molecule has 3 nitrogen and oxygen atoms in total. The number of nitrogens with zero attached hydrogens (tertiary/aromatic N) is 1. The Balaban J connectivity index is 1.72. The van der Waals surface area contributed by atoms with Crippen LogP contribution in [0.1, 0.15) is 59.8 Å². The van der Waals surface area contributed by atoms with E-state index in [9.17, 15) is 4.79 Å². The smallest absolute Gasteiger partial charge is 0.222 e. The minimum Gasteiger partial charge on any atom is -0.343 e. The largest absolute Gasteiger partial charge is 0.343 e. The van der Waals surface area contributed by atoms with Gasteiger partial charge >= 0.3 is 0 Å². The highest BCUT2D eigenvalue weighted by atomic mass is 16.2. The Morgan fingerprint density at radius 3 is 2.59 bits per heavy atom. The molecule has 0 aromatic carbocycles. The van der Waals surface area contributed by atoms with Crippen molar-refractivity contribution in [2.45, 2.75) is 65.8 Å². The van der Waals surface area contributed by atoms with Gasteiger partial charge in [-0.1, -0.05) is 32.4 Å². The molecule has 0 saturated carbocycles. The zero-order valence-electron chi connectivity index (χ0n) is 14.9. The maximum absolute atomic E-state index is 12.1. The number of nitrogens with one attached hydrogen (secondary N) is 1. The monoisotopic (exact) mass is 306 g/mol. The Morgan fingerprint density at radius 2 is 2.00 bits per heavy atom. The quantitative estimate of drug-likeness (QED) is 0.787. The van der Waals surface area contributed by atoms with Gasteiger partial charge in [-0.05, 0) is 50.4 Å². The van der Waals surface area contributed by atoms with Crippen LogP contribution in [0.2, 0.25) is 0 Å². The molecule has 0 bridgehead atoms. The number of carbonyl (C=O) groups is 1. The summed E-state index contributed by atoms with van der Waals surface area (Å²) in [6, 6.07) is 0.588. The molecule has 0 aromatic heterocycles. The summed E-state index contributed by atoms with van der Waals surface area (Å²) >= 11 is 0. The van der Waals surface area contributed by atoms with Gasteiger partial charge in [0, 0.05) is 32.1 Å². The average molecular weight is 306 g/mol. The summed E-state index contributed by atoms with van der Waals surface area (Å²) in [6.07, 6.45) is 7.90. The van der Waals surface area contributed by atoms with Crippen molar-refractivity contribution in [2.24, 2.45) is 17.8 Å². The third kappa shape index (κ3) is 4.84. The average Bonchev–Trinajstić information content (AvgIpc) is 2.46.